The Labute approximate surface area is 255 Å². The summed E-state index contributed by atoms with van der Waals surface area (Å²) in [7, 11) is -3.58. The fourth-order valence-corrected chi connectivity index (χ4v) is 5.96. The lowest BCUT2D eigenvalue weighted by molar-refractivity contribution is -0.141. The molecule has 3 aromatic rings. The summed E-state index contributed by atoms with van der Waals surface area (Å²) in [6, 6.07) is 21.7. The Bertz CT molecular complexity index is 1430. The van der Waals surface area contributed by atoms with Crippen LogP contribution in [0.1, 0.15) is 55.4 Å². The van der Waals surface area contributed by atoms with Crippen molar-refractivity contribution in [2.45, 2.75) is 72.0 Å². The first-order valence-electron chi connectivity index (χ1n) is 14.3. The van der Waals surface area contributed by atoms with Crippen LogP contribution in [-0.2, 0) is 32.6 Å². The molecule has 1 N–H and O–H groups in total. The Balaban J connectivity index is 1.90. The van der Waals surface area contributed by atoms with E-state index in [0.29, 0.717) is 23.6 Å². The second-order valence-corrected chi connectivity index (χ2v) is 13.3. The Hall–Kier alpha value is -3.36. The van der Waals surface area contributed by atoms with Crippen molar-refractivity contribution in [3.8, 4) is 0 Å². The predicted molar refractivity (Wildman–Crippen MR) is 171 cm³/mol. The molecule has 226 valence electrons. The van der Waals surface area contributed by atoms with Crippen molar-refractivity contribution in [3.05, 3.63) is 100 Å². The summed E-state index contributed by atoms with van der Waals surface area (Å²) >= 11 is 6.11. The van der Waals surface area contributed by atoms with Crippen LogP contribution < -0.4 is 9.62 Å². The van der Waals surface area contributed by atoms with Gasteiger partial charge in [-0.15, -0.1) is 0 Å². The molecule has 2 atom stereocenters. The number of hydrogen-bond acceptors (Lipinski definition) is 4. The molecule has 3 rings (SSSR count). The topological polar surface area (TPSA) is 86.8 Å². The summed E-state index contributed by atoms with van der Waals surface area (Å²) in [6.07, 6.45) is 2.65. The zero-order valence-corrected chi connectivity index (χ0v) is 26.7. The number of amides is 2. The summed E-state index contributed by atoms with van der Waals surface area (Å²) in [6.45, 7) is 8.14. The SMILES string of the molecule is CC[C@H](C)NC(=O)[C@@H](Cc1ccccc1)N(Cc1ccc(Cl)cc1)C(=O)CCCN(c1cc(C)cc(C)c1)S(C)(=O)=O. The Morgan fingerprint density at radius 1 is 0.929 bits per heavy atom. The largest absolute Gasteiger partial charge is 0.352 e. The first-order valence-corrected chi connectivity index (χ1v) is 16.5. The summed E-state index contributed by atoms with van der Waals surface area (Å²) < 4.78 is 26.8. The highest BCUT2D eigenvalue weighted by Crippen LogP contribution is 2.23. The smallest absolute Gasteiger partial charge is 0.243 e. The molecule has 7 nitrogen and oxygen atoms in total. The molecule has 0 aromatic heterocycles. The van der Waals surface area contributed by atoms with E-state index in [1.807, 2.05) is 88.4 Å². The maximum Gasteiger partial charge on any atom is 0.243 e. The van der Waals surface area contributed by atoms with E-state index in [-0.39, 0.29) is 37.4 Å². The fraction of sp³-hybridized carbons (Fsp3) is 0.394. The number of nitrogens with zero attached hydrogens (tertiary/aromatic N) is 2. The lowest BCUT2D eigenvalue weighted by Gasteiger charge is -2.32. The highest BCUT2D eigenvalue weighted by molar-refractivity contribution is 7.92. The molecule has 0 aliphatic rings. The summed E-state index contributed by atoms with van der Waals surface area (Å²) in [5.41, 5.74) is 4.28. The van der Waals surface area contributed by atoms with Crippen LogP contribution in [0.5, 0.6) is 0 Å². The van der Waals surface area contributed by atoms with Crippen molar-refractivity contribution in [1.82, 2.24) is 10.2 Å². The third-order valence-electron chi connectivity index (χ3n) is 7.18. The number of sulfonamides is 1. The van der Waals surface area contributed by atoms with Gasteiger partial charge in [-0.05, 0) is 80.1 Å². The zero-order chi connectivity index (χ0) is 30.9. The van der Waals surface area contributed by atoms with E-state index in [1.54, 1.807) is 17.0 Å². The quantitative estimate of drug-likeness (QED) is 0.240. The fourth-order valence-electron chi connectivity index (χ4n) is 4.88. The molecule has 0 fully saturated rings. The van der Waals surface area contributed by atoms with Crippen LogP contribution in [0.15, 0.2) is 72.8 Å². The van der Waals surface area contributed by atoms with E-state index in [2.05, 4.69) is 5.32 Å². The van der Waals surface area contributed by atoms with Gasteiger partial charge in [0.25, 0.3) is 0 Å². The molecule has 0 bridgehead atoms. The average Bonchev–Trinajstić information content (AvgIpc) is 2.93. The molecule has 0 saturated heterocycles. The molecule has 0 radical (unpaired) electrons. The second kappa shape index (κ2) is 15.2. The number of aryl methyl sites for hydroxylation is 2. The minimum absolute atomic E-state index is 0.0515. The minimum Gasteiger partial charge on any atom is -0.352 e. The van der Waals surface area contributed by atoms with Gasteiger partial charge in [-0.25, -0.2) is 8.42 Å². The van der Waals surface area contributed by atoms with Gasteiger partial charge in [-0.1, -0.05) is 67.1 Å². The van der Waals surface area contributed by atoms with E-state index < -0.39 is 16.1 Å². The van der Waals surface area contributed by atoms with Crippen molar-refractivity contribution >= 4 is 39.1 Å². The molecule has 9 heteroatoms. The first-order chi connectivity index (χ1) is 19.9. The van der Waals surface area contributed by atoms with E-state index in [1.165, 1.54) is 10.6 Å². The monoisotopic (exact) mass is 611 g/mol. The minimum atomic E-state index is -3.58. The lowest BCUT2D eigenvalue weighted by atomic mass is 10.0. The van der Waals surface area contributed by atoms with Gasteiger partial charge in [-0.3, -0.25) is 13.9 Å². The number of rotatable bonds is 14. The molecule has 0 saturated carbocycles. The summed E-state index contributed by atoms with van der Waals surface area (Å²) in [4.78, 5) is 29.2. The lowest BCUT2D eigenvalue weighted by Crippen LogP contribution is -2.52. The van der Waals surface area contributed by atoms with Gasteiger partial charge in [0.15, 0.2) is 0 Å². The number of benzene rings is 3. The Morgan fingerprint density at radius 2 is 1.55 bits per heavy atom. The second-order valence-electron chi connectivity index (χ2n) is 11.0. The van der Waals surface area contributed by atoms with Gasteiger partial charge >= 0.3 is 0 Å². The number of nitrogens with one attached hydrogen (secondary N) is 1. The van der Waals surface area contributed by atoms with Gasteiger partial charge in [-0.2, -0.15) is 0 Å². The molecule has 0 aliphatic carbocycles. The van der Waals surface area contributed by atoms with Gasteiger partial charge in [0, 0.05) is 37.0 Å². The summed E-state index contributed by atoms with van der Waals surface area (Å²) in [5, 5.41) is 3.65. The maximum absolute atomic E-state index is 13.9. The molecule has 42 heavy (non-hydrogen) atoms. The van der Waals surface area contributed by atoms with Crippen LogP contribution in [-0.4, -0.2) is 50.0 Å². The molecular formula is C33H42ClN3O4S. The third-order valence-corrected chi connectivity index (χ3v) is 8.63. The maximum atomic E-state index is 13.9. The molecule has 0 aliphatic heterocycles. The molecule has 2 amide bonds. The Morgan fingerprint density at radius 3 is 2.12 bits per heavy atom. The van der Waals surface area contributed by atoms with E-state index in [4.69, 9.17) is 11.6 Å². The van der Waals surface area contributed by atoms with Crippen LogP contribution >= 0.6 is 11.6 Å². The van der Waals surface area contributed by atoms with Crippen LogP contribution in [0.2, 0.25) is 5.02 Å². The summed E-state index contributed by atoms with van der Waals surface area (Å²) in [5.74, 6) is -0.442. The van der Waals surface area contributed by atoms with Crippen molar-refractivity contribution in [2.75, 3.05) is 17.1 Å². The number of carbonyl (C=O) groups excluding carboxylic acids is 2. The Kier molecular flexibility index (Phi) is 12.0. The van der Waals surface area contributed by atoms with Gasteiger partial charge in [0.1, 0.15) is 6.04 Å². The van der Waals surface area contributed by atoms with Crippen LogP contribution in [0.4, 0.5) is 5.69 Å². The highest BCUT2D eigenvalue weighted by Gasteiger charge is 2.31. The molecule has 0 unspecified atom stereocenters. The number of anilines is 1. The number of halogens is 1. The highest BCUT2D eigenvalue weighted by atomic mass is 35.5. The van der Waals surface area contributed by atoms with Crippen molar-refractivity contribution in [2.24, 2.45) is 0 Å². The van der Waals surface area contributed by atoms with Crippen LogP contribution in [0, 0.1) is 13.8 Å². The van der Waals surface area contributed by atoms with E-state index in [0.717, 1.165) is 28.7 Å². The normalized spacial score (nSPS) is 12.8. The van der Waals surface area contributed by atoms with Crippen molar-refractivity contribution in [1.29, 1.82) is 0 Å². The third kappa shape index (κ3) is 9.88. The molecule has 0 spiro atoms. The average molecular weight is 612 g/mol. The van der Waals surface area contributed by atoms with Crippen LogP contribution in [0.3, 0.4) is 0 Å². The van der Waals surface area contributed by atoms with Gasteiger partial charge in [0.2, 0.25) is 21.8 Å². The van der Waals surface area contributed by atoms with Crippen molar-refractivity contribution in [3.63, 3.8) is 0 Å². The van der Waals surface area contributed by atoms with Gasteiger partial charge in [0.05, 0.1) is 11.9 Å². The standard InChI is InChI=1S/C33H42ClN3O4S/c1-6-26(4)35-33(39)31(22-27-11-8-7-9-12-27)36(23-28-14-16-29(34)17-15-28)32(38)13-10-18-37(42(5,40)41)30-20-24(2)19-25(3)21-30/h7-9,11-12,14-17,19-21,26,31H,6,10,13,18,22-23H2,1-5H3,(H,35,39)/t26-,31+/m0/s1. The predicted octanol–water partition coefficient (Wildman–Crippen LogP) is 6.06. The van der Waals surface area contributed by atoms with E-state index >= 15 is 0 Å². The molecule has 3 aromatic carbocycles. The van der Waals surface area contributed by atoms with Gasteiger partial charge < -0.3 is 10.2 Å². The molecular weight excluding hydrogens is 570 g/mol. The first kappa shape index (κ1) is 33.1. The van der Waals surface area contributed by atoms with E-state index in [9.17, 15) is 18.0 Å². The number of carbonyl (C=O) groups is 2. The van der Waals surface area contributed by atoms with Crippen molar-refractivity contribution < 1.29 is 18.0 Å². The number of hydrogen-bond donors (Lipinski definition) is 1. The molecule has 0 heterocycles. The zero-order valence-electron chi connectivity index (χ0n) is 25.1. The van der Waals surface area contributed by atoms with Crippen LogP contribution in [0.25, 0.3) is 0 Å².